The molecule has 0 bridgehead atoms. The van der Waals surface area contributed by atoms with Gasteiger partial charge in [-0.15, -0.1) is 22.7 Å². The van der Waals surface area contributed by atoms with Crippen LogP contribution in [0.2, 0.25) is 0 Å². The molecule has 0 aromatic carbocycles. The number of aromatic nitrogens is 3. The highest BCUT2D eigenvalue weighted by Gasteiger charge is 2.43. The Morgan fingerprint density at radius 2 is 2.00 bits per heavy atom. The van der Waals surface area contributed by atoms with Gasteiger partial charge in [0.15, 0.2) is 0 Å². The van der Waals surface area contributed by atoms with E-state index >= 15 is 0 Å². The molecule has 0 unspecified atom stereocenters. The van der Waals surface area contributed by atoms with Crippen LogP contribution in [0.5, 0.6) is 0 Å². The fourth-order valence-corrected chi connectivity index (χ4v) is 6.05. The maximum absolute atomic E-state index is 12.8. The van der Waals surface area contributed by atoms with Crippen LogP contribution in [0.3, 0.4) is 0 Å². The van der Waals surface area contributed by atoms with Gasteiger partial charge in [-0.3, -0.25) is 4.79 Å². The first kappa shape index (κ1) is 18.7. The highest BCUT2D eigenvalue weighted by Crippen LogP contribution is 2.46. The summed E-state index contributed by atoms with van der Waals surface area (Å²) in [4.78, 5) is 30.7. The van der Waals surface area contributed by atoms with Crippen molar-refractivity contribution < 1.29 is 9.53 Å². The first-order chi connectivity index (χ1) is 14.0. The normalized spacial score (nSPS) is 18.0. The van der Waals surface area contributed by atoms with Crippen LogP contribution in [0.1, 0.15) is 38.0 Å². The first-order valence-electron chi connectivity index (χ1n) is 9.61. The molecule has 5 rings (SSSR count). The average Bonchev–Trinajstić information content (AvgIpc) is 3.36. The van der Waals surface area contributed by atoms with Gasteiger partial charge in [0.1, 0.15) is 10.7 Å². The number of rotatable bonds is 2. The lowest BCUT2D eigenvalue weighted by Crippen LogP contribution is -2.47. The molecule has 1 saturated heterocycles. The molecule has 9 heteroatoms. The molecule has 3 aromatic heterocycles. The summed E-state index contributed by atoms with van der Waals surface area (Å²) in [5.74, 6) is 0.493. The molecule has 2 N–H and O–H groups in total. The number of thiophene rings is 1. The van der Waals surface area contributed by atoms with Crippen molar-refractivity contribution in [3.8, 4) is 10.6 Å². The van der Waals surface area contributed by atoms with Crippen molar-refractivity contribution in [2.24, 2.45) is 0 Å². The zero-order chi connectivity index (χ0) is 20.0. The molecular weight excluding hydrogens is 406 g/mol. The minimum Gasteiger partial charge on any atom is -0.382 e. The van der Waals surface area contributed by atoms with Gasteiger partial charge in [0.25, 0.3) is 5.91 Å². The van der Waals surface area contributed by atoms with E-state index in [0.717, 1.165) is 34.8 Å². The van der Waals surface area contributed by atoms with Gasteiger partial charge in [-0.1, -0.05) is 0 Å². The molecule has 0 saturated carbocycles. The SMILES string of the molecule is Cc1ncc(C(=O)N2CCC3(CC2)OCCc2sc(-c4cnc(N)cn4)cc23)s1. The van der Waals surface area contributed by atoms with Gasteiger partial charge in [0, 0.05) is 24.4 Å². The number of carbonyl (C=O) groups is 1. The lowest BCUT2D eigenvalue weighted by molar-refractivity contribution is -0.0926. The zero-order valence-electron chi connectivity index (χ0n) is 16.1. The molecule has 2 aliphatic heterocycles. The standard InChI is InChI=1S/C20H21N5O2S2/c1-12-22-10-17(28-12)19(26)25-5-3-20(4-6-25)13-8-16(29-15(13)2-7-27-20)14-9-24-18(21)11-23-14/h8-11H,2-7H2,1H3,(H2,21,24). The summed E-state index contributed by atoms with van der Waals surface area (Å²) in [6.45, 7) is 4.00. The number of piperidine rings is 1. The molecule has 1 fully saturated rings. The molecule has 0 aliphatic carbocycles. The predicted molar refractivity (Wildman–Crippen MR) is 113 cm³/mol. The highest BCUT2D eigenvalue weighted by molar-refractivity contribution is 7.15. The molecule has 1 spiro atoms. The Kier molecular flexibility index (Phi) is 4.60. The van der Waals surface area contributed by atoms with Crippen LogP contribution in [-0.4, -0.2) is 45.5 Å². The van der Waals surface area contributed by atoms with Crippen LogP contribution >= 0.6 is 22.7 Å². The number of amides is 1. The van der Waals surface area contributed by atoms with Crippen LogP contribution in [0.4, 0.5) is 5.82 Å². The smallest absolute Gasteiger partial charge is 0.265 e. The van der Waals surface area contributed by atoms with Gasteiger partial charge in [-0.05, 0) is 31.4 Å². The lowest BCUT2D eigenvalue weighted by atomic mass is 9.82. The van der Waals surface area contributed by atoms with Crippen molar-refractivity contribution in [3.63, 3.8) is 0 Å². The maximum atomic E-state index is 12.8. The Hall–Kier alpha value is -2.36. The van der Waals surface area contributed by atoms with Crippen LogP contribution in [0, 0.1) is 6.92 Å². The number of nitrogens with two attached hydrogens (primary N) is 1. The number of aryl methyl sites for hydroxylation is 1. The van der Waals surface area contributed by atoms with Crippen molar-refractivity contribution >= 4 is 34.4 Å². The Morgan fingerprint density at radius 3 is 2.69 bits per heavy atom. The van der Waals surface area contributed by atoms with Crippen LogP contribution in [0.15, 0.2) is 24.7 Å². The third-order valence-corrected chi connectivity index (χ3v) is 7.74. The van der Waals surface area contributed by atoms with Crippen molar-refractivity contribution in [1.82, 2.24) is 19.9 Å². The number of nitrogens with zero attached hydrogens (tertiary/aromatic N) is 4. The number of anilines is 1. The fourth-order valence-electron chi connectivity index (χ4n) is 4.11. The van der Waals surface area contributed by atoms with Crippen LogP contribution in [0.25, 0.3) is 10.6 Å². The van der Waals surface area contributed by atoms with Gasteiger partial charge in [-0.2, -0.15) is 0 Å². The van der Waals surface area contributed by atoms with E-state index in [-0.39, 0.29) is 11.5 Å². The number of ether oxygens (including phenoxy) is 1. The van der Waals surface area contributed by atoms with Gasteiger partial charge in [-0.25, -0.2) is 15.0 Å². The highest BCUT2D eigenvalue weighted by atomic mass is 32.1. The number of hydrogen-bond donors (Lipinski definition) is 1. The summed E-state index contributed by atoms with van der Waals surface area (Å²) in [5, 5.41) is 0.915. The molecule has 0 atom stereocenters. The Labute approximate surface area is 176 Å². The third-order valence-electron chi connectivity index (χ3n) is 5.62. The molecular formula is C20H21N5O2S2. The average molecular weight is 428 g/mol. The molecule has 29 heavy (non-hydrogen) atoms. The van der Waals surface area contributed by atoms with Gasteiger partial charge in [0.2, 0.25) is 0 Å². The second-order valence-electron chi connectivity index (χ2n) is 7.40. The number of fused-ring (bicyclic) bond motifs is 2. The number of likely N-dealkylation sites (tertiary alicyclic amines) is 1. The number of thiazole rings is 1. The molecule has 7 nitrogen and oxygen atoms in total. The predicted octanol–water partition coefficient (Wildman–Crippen LogP) is 3.26. The monoisotopic (exact) mass is 427 g/mol. The summed E-state index contributed by atoms with van der Waals surface area (Å²) < 4.78 is 6.34. The second kappa shape index (κ2) is 7.16. The number of carbonyl (C=O) groups excluding carboxylic acids is 1. The fraction of sp³-hybridized carbons (Fsp3) is 0.400. The number of hydrogen-bond acceptors (Lipinski definition) is 8. The van der Waals surface area contributed by atoms with E-state index in [1.165, 1.54) is 21.8 Å². The van der Waals surface area contributed by atoms with Crippen molar-refractivity contribution in [2.75, 3.05) is 25.4 Å². The summed E-state index contributed by atoms with van der Waals surface area (Å²) in [7, 11) is 0. The van der Waals surface area contributed by atoms with Crippen LogP contribution in [-0.2, 0) is 16.8 Å². The summed E-state index contributed by atoms with van der Waals surface area (Å²) in [6, 6.07) is 2.20. The second-order valence-corrected chi connectivity index (χ2v) is 9.77. The van der Waals surface area contributed by atoms with Crippen LogP contribution < -0.4 is 5.73 Å². The quantitative estimate of drug-likeness (QED) is 0.675. The van der Waals surface area contributed by atoms with E-state index in [4.69, 9.17) is 10.5 Å². The Morgan fingerprint density at radius 1 is 1.17 bits per heavy atom. The minimum absolute atomic E-state index is 0.0737. The largest absolute Gasteiger partial charge is 0.382 e. The van der Waals surface area contributed by atoms with Crippen molar-refractivity contribution in [3.05, 3.63) is 45.0 Å². The van der Waals surface area contributed by atoms with Gasteiger partial charge < -0.3 is 15.4 Å². The van der Waals surface area contributed by atoms with Gasteiger partial charge >= 0.3 is 0 Å². The molecule has 2 aliphatic rings. The van der Waals surface area contributed by atoms with Gasteiger partial charge in [0.05, 0.1) is 46.4 Å². The first-order valence-corrected chi connectivity index (χ1v) is 11.2. The maximum Gasteiger partial charge on any atom is 0.265 e. The van der Waals surface area contributed by atoms with E-state index in [0.29, 0.717) is 30.4 Å². The molecule has 0 radical (unpaired) electrons. The summed E-state index contributed by atoms with van der Waals surface area (Å²) >= 11 is 3.21. The molecule has 1 amide bonds. The zero-order valence-corrected chi connectivity index (χ0v) is 17.7. The van der Waals surface area contributed by atoms with E-state index in [9.17, 15) is 4.79 Å². The topological polar surface area (TPSA) is 94.2 Å². The number of nitrogen functional groups attached to an aromatic ring is 1. The molecule has 3 aromatic rings. The van der Waals surface area contributed by atoms with E-state index in [2.05, 4.69) is 21.0 Å². The Balaban J connectivity index is 1.38. The molecule has 150 valence electrons. The summed E-state index contributed by atoms with van der Waals surface area (Å²) in [6.07, 6.45) is 7.50. The Bertz CT molecular complexity index is 1050. The minimum atomic E-state index is -0.316. The van der Waals surface area contributed by atoms with E-state index in [1.54, 1.807) is 29.9 Å². The summed E-state index contributed by atoms with van der Waals surface area (Å²) in [5.41, 5.74) is 7.44. The van der Waals surface area contributed by atoms with E-state index in [1.807, 2.05) is 11.8 Å². The third kappa shape index (κ3) is 3.33. The lowest BCUT2D eigenvalue weighted by Gasteiger charge is -2.44. The van der Waals surface area contributed by atoms with E-state index < -0.39 is 0 Å². The van der Waals surface area contributed by atoms with Crippen molar-refractivity contribution in [1.29, 1.82) is 0 Å². The van der Waals surface area contributed by atoms with Crippen molar-refractivity contribution in [2.45, 2.75) is 31.8 Å². The molecule has 5 heterocycles.